The van der Waals surface area contributed by atoms with Crippen LogP contribution < -0.4 is 5.73 Å². The molecule has 1 aromatic heterocycles. The molecule has 5 nitrogen and oxygen atoms in total. The summed E-state index contributed by atoms with van der Waals surface area (Å²) in [6.07, 6.45) is 0.491. The van der Waals surface area contributed by atoms with Crippen molar-refractivity contribution < 1.29 is 9.90 Å². The Balaban J connectivity index is 0.000000213. The minimum atomic E-state index is -1.33. The maximum absolute atomic E-state index is 8.78. The van der Waals surface area contributed by atoms with E-state index in [0.717, 1.165) is 5.52 Å². The molecule has 1 amide bonds. The second kappa shape index (κ2) is 4.27. The molecule has 1 heterocycles. The van der Waals surface area contributed by atoms with Crippen LogP contribution in [0, 0.1) is 0 Å². The lowest BCUT2D eigenvalue weighted by molar-refractivity contribution is 0.205. The minimum Gasteiger partial charge on any atom is -0.465 e. The van der Waals surface area contributed by atoms with Crippen molar-refractivity contribution in [2.45, 2.75) is 0 Å². The monoisotopic (exact) mass is 193 g/mol. The first-order valence-electron chi connectivity index (χ1n) is 3.95. The number of nitrogens with zero attached hydrogens (tertiary/aromatic N) is 2. The van der Waals surface area contributed by atoms with Crippen LogP contribution in [0.4, 0.5) is 4.79 Å². The summed E-state index contributed by atoms with van der Waals surface area (Å²) in [7, 11) is 2.00. The van der Waals surface area contributed by atoms with Gasteiger partial charge in [0.15, 0.2) is 0 Å². The maximum Gasteiger partial charge on any atom is 0.402 e. The molecule has 0 aliphatic rings. The van der Waals surface area contributed by atoms with E-state index in [1.165, 1.54) is 5.52 Å². The highest BCUT2D eigenvalue weighted by Crippen LogP contribution is 2.08. The molecule has 0 radical (unpaired) electrons. The van der Waals surface area contributed by atoms with Crippen molar-refractivity contribution in [3.8, 4) is 0 Å². The summed E-state index contributed by atoms with van der Waals surface area (Å²) in [5.74, 6) is 0. The molecule has 14 heavy (non-hydrogen) atoms. The summed E-state index contributed by atoms with van der Waals surface area (Å²) in [4.78, 5) is 13.0. The van der Waals surface area contributed by atoms with E-state index in [2.05, 4.69) is 16.8 Å². The Morgan fingerprint density at radius 3 is 2.64 bits per heavy atom. The average molecular weight is 193 g/mol. The fourth-order valence-corrected chi connectivity index (χ4v) is 1.08. The van der Waals surface area contributed by atoms with Gasteiger partial charge in [-0.1, -0.05) is 12.1 Å². The van der Waals surface area contributed by atoms with Crippen LogP contribution in [-0.4, -0.2) is 20.8 Å². The van der Waals surface area contributed by atoms with E-state index in [-0.39, 0.29) is 0 Å². The van der Waals surface area contributed by atoms with Crippen LogP contribution in [0.1, 0.15) is 0 Å². The van der Waals surface area contributed by atoms with E-state index >= 15 is 0 Å². The van der Waals surface area contributed by atoms with Crippen LogP contribution in [-0.2, 0) is 7.05 Å². The van der Waals surface area contributed by atoms with Gasteiger partial charge in [0.1, 0.15) is 0 Å². The van der Waals surface area contributed by atoms with E-state index < -0.39 is 6.09 Å². The molecule has 0 saturated carbocycles. The number of carboxylic acid groups (broad SMARTS) is 1. The number of aromatic nitrogens is 2. The highest BCUT2D eigenvalue weighted by molar-refractivity contribution is 5.74. The van der Waals surface area contributed by atoms with Crippen molar-refractivity contribution in [1.29, 1.82) is 0 Å². The number of nitrogens with two attached hydrogens (primary N) is 1. The van der Waals surface area contributed by atoms with Gasteiger partial charge in [0.25, 0.3) is 0 Å². The number of benzene rings is 1. The summed E-state index contributed by atoms with van der Waals surface area (Å²) in [6, 6.07) is 8.08. The number of hydrogen-bond donors (Lipinski definition) is 2. The number of imidazole rings is 1. The zero-order chi connectivity index (χ0) is 10.6. The first-order valence-corrected chi connectivity index (χ1v) is 3.95. The molecule has 2 aromatic rings. The minimum absolute atomic E-state index is 1.06. The Kier molecular flexibility index (Phi) is 3.06. The molecule has 0 fully saturated rings. The molecule has 0 atom stereocenters. The second-order valence-corrected chi connectivity index (χ2v) is 2.68. The van der Waals surface area contributed by atoms with Crippen molar-refractivity contribution in [3.63, 3.8) is 0 Å². The van der Waals surface area contributed by atoms with E-state index in [4.69, 9.17) is 9.90 Å². The topological polar surface area (TPSA) is 81.1 Å². The van der Waals surface area contributed by atoms with Crippen LogP contribution in [0.15, 0.2) is 30.6 Å². The Labute approximate surface area is 80.8 Å². The van der Waals surface area contributed by atoms with Crippen molar-refractivity contribution in [2.24, 2.45) is 12.8 Å². The lowest BCUT2D eigenvalue weighted by Crippen LogP contribution is -2.03. The molecular formula is C9H11N3O2. The maximum atomic E-state index is 8.78. The number of amides is 1. The summed E-state index contributed by atoms with van der Waals surface area (Å²) < 4.78 is 2.01. The quantitative estimate of drug-likeness (QED) is 0.659. The SMILES string of the molecule is Cn1cnc2ccccc21.NC(=O)O. The normalized spacial score (nSPS) is 9.21. The second-order valence-electron chi connectivity index (χ2n) is 2.68. The summed E-state index contributed by atoms with van der Waals surface area (Å²) >= 11 is 0. The zero-order valence-electron chi connectivity index (χ0n) is 7.71. The first kappa shape index (κ1) is 10.0. The molecule has 1 aromatic carbocycles. The smallest absolute Gasteiger partial charge is 0.402 e. The predicted molar refractivity (Wildman–Crippen MR) is 52.9 cm³/mol. The fraction of sp³-hybridized carbons (Fsp3) is 0.111. The Hall–Kier alpha value is -2.04. The molecule has 3 N–H and O–H groups in total. The third kappa shape index (κ3) is 2.48. The van der Waals surface area contributed by atoms with Gasteiger partial charge >= 0.3 is 6.09 Å². The van der Waals surface area contributed by atoms with Gasteiger partial charge in [-0.05, 0) is 12.1 Å². The third-order valence-electron chi connectivity index (χ3n) is 1.63. The van der Waals surface area contributed by atoms with Crippen molar-refractivity contribution in [3.05, 3.63) is 30.6 Å². The van der Waals surface area contributed by atoms with Gasteiger partial charge < -0.3 is 15.4 Å². The van der Waals surface area contributed by atoms with Crippen LogP contribution in [0.3, 0.4) is 0 Å². The van der Waals surface area contributed by atoms with Gasteiger partial charge in [0.2, 0.25) is 0 Å². The molecule has 5 heteroatoms. The molecular weight excluding hydrogens is 182 g/mol. The Morgan fingerprint density at radius 2 is 2.07 bits per heavy atom. The lowest BCUT2D eigenvalue weighted by atomic mass is 10.3. The first-order chi connectivity index (χ1) is 6.61. The van der Waals surface area contributed by atoms with Crippen molar-refractivity contribution in [1.82, 2.24) is 9.55 Å². The van der Waals surface area contributed by atoms with Crippen LogP contribution in [0.25, 0.3) is 11.0 Å². The number of primary amides is 1. The summed E-state index contributed by atoms with van der Waals surface area (Å²) in [5.41, 5.74) is 6.27. The summed E-state index contributed by atoms with van der Waals surface area (Å²) in [5, 5.41) is 7.19. The number of fused-ring (bicyclic) bond motifs is 1. The predicted octanol–water partition coefficient (Wildman–Crippen LogP) is 1.20. The molecule has 0 aliphatic carbocycles. The van der Waals surface area contributed by atoms with Gasteiger partial charge in [-0.3, -0.25) is 0 Å². The number of rotatable bonds is 0. The number of para-hydroxylation sites is 2. The molecule has 0 bridgehead atoms. The van der Waals surface area contributed by atoms with Crippen molar-refractivity contribution >= 4 is 17.1 Å². The largest absolute Gasteiger partial charge is 0.465 e. The molecule has 0 spiro atoms. The van der Waals surface area contributed by atoms with Gasteiger partial charge in [-0.15, -0.1) is 0 Å². The average Bonchev–Trinajstić information content (AvgIpc) is 2.48. The fourth-order valence-electron chi connectivity index (χ4n) is 1.08. The van der Waals surface area contributed by atoms with Gasteiger partial charge in [-0.2, -0.15) is 0 Å². The Bertz CT molecular complexity index is 432. The third-order valence-corrected chi connectivity index (χ3v) is 1.63. The Morgan fingerprint density at radius 1 is 1.50 bits per heavy atom. The molecule has 2 rings (SSSR count). The van der Waals surface area contributed by atoms with Gasteiger partial charge in [0.05, 0.1) is 17.4 Å². The van der Waals surface area contributed by atoms with Crippen molar-refractivity contribution in [2.75, 3.05) is 0 Å². The lowest BCUT2D eigenvalue weighted by Gasteiger charge is -1.90. The number of aryl methyl sites for hydroxylation is 1. The molecule has 74 valence electrons. The van der Waals surface area contributed by atoms with E-state index in [1.54, 1.807) is 0 Å². The van der Waals surface area contributed by atoms with Gasteiger partial charge in [0, 0.05) is 7.05 Å². The number of carbonyl (C=O) groups is 1. The number of hydrogen-bond acceptors (Lipinski definition) is 2. The molecule has 0 unspecified atom stereocenters. The molecule has 0 aliphatic heterocycles. The zero-order valence-corrected chi connectivity index (χ0v) is 7.71. The standard InChI is InChI=1S/C8H8N2.CH3NO2/c1-10-6-9-7-4-2-3-5-8(7)10;2-1(3)4/h2-6H,1H3;2H2,(H,3,4). The molecule has 0 saturated heterocycles. The van der Waals surface area contributed by atoms with Crippen LogP contribution >= 0.6 is 0 Å². The van der Waals surface area contributed by atoms with E-state index in [1.807, 2.05) is 36.1 Å². The van der Waals surface area contributed by atoms with Crippen LogP contribution in [0.2, 0.25) is 0 Å². The summed E-state index contributed by atoms with van der Waals surface area (Å²) in [6.45, 7) is 0. The highest BCUT2D eigenvalue weighted by Gasteiger charge is 1.93. The van der Waals surface area contributed by atoms with Gasteiger partial charge in [-0.25, -0.2) is 9.78 Å². The van der Waals surface area contributed by atoms with Crippen LogP contribution in [0.5, 0.6) is 0 Å². The van der Waals surface area contributed by atoms with E-state index in [9.17, 15) is 0 Å². The van der Waals surface area contributed by atoms with E-state index in [0.29, 0.717) is 0 Å². The highest BCUT2D eigenvalue weighted by atomic mass is 16.4.